The molecule has 0 radical (unpaired) electrons. The molecule has 0 unspecified atom stereocenters. The third kappa shape index (κ3) is 1.61. The molecule has 0 atom stereocenters. The van der Waals surface area contributed by atoms with Gasteiger partial charge in [0, 0.05) is 19.6 Å². The lowest BCUT2D eigenvalue weighted by Crippen LogP contribution is -1.76. The van der Waals surface area contributed by atoms with Gasteiger partial charge in [0.1, 0.15) is 0 Å². The van der Waals surface area contributed by atoms with Crippen molar-refractivity contribution < 1.29 is 1.37 Å². The van der Waals surface area contributed by atoms with E-state index in [1.165, 1.54) is 0 Å². The van der Waals surface area contributed by atoms with Crippen LogP contribution in [-0.2, 0) is 0 Å². The van der Waals surface area contributed by atoms with Gasteiger partial charge < -0.3 is 0 Å². The fraction of sp³-hybridized carbons (Fsp3) is 0. The number of rotatable bonds is 0. The number of hydrogen-bond donors (Lipinski definition) is 4. The van der Waals surface area contributed by atoms with Crippen LogP contribution in [0.5, 0.6) is 0 Å². The summed E-state index contributed by atoms with van der Waals surface area (Å²) in [5.74, 6) is 0. The first-order valence-electron chi connectivity index (χ1n) is 2.97. The van der Waals surface area contributed by atoms with Crippen LogP contribution in [0.1, 0.15) is 1.37 Å². The maximum Gasteiger partial charge on any atom is 0.0635 e. The SMILES string of the molecule is [2H]c1cc(S)c(S)c(S)c1S. The largest absolute Gasteiger partial charge is 0.142 e. The Morgan fingerprint density at radius 3 is 2.10 bits per heavy atom. The predicted molar refractivity (Wildman–Crippen MR) is 55.5 cm³/mol. The van der Waals surface area contributed by atoms with Gasteiger partial charge >= 0.3 is 0 Å². The van der Waals surface area contributed by atoms with Crippen molar-refractivity contribution >= 4 is 50.5 Å². The van der Waals surface area contributed by atoms with Gasteiger partial charge in [-0.05, 0) is 12.1 Å². The third-order valence-corrected chi connectivity index (χ3v) is 3.18. The quantitative estimate of drug-likeness (QED) is 0.462. The summed E-state index contributed by atoms with van der Waals surface area (Å²) in [5, 5.41) is 0. The molecule has 0 saturated heterocycles. The van der Waals surface area contributed by atoms with Crippen molar-refractivity contribution in [3.8, 4) is 0 Å². The second-order valence-corrected chi connectivity index (χ2v) is 3.54. The zero-order valence-electron chi connectivity index (χ0n) is 5.87. The van der Waals surface area contributed by atoms with E-state index >= 15 is 0 Å². The molecule has 0 aromatic heterocycles. The molecule has 1 aromatic carbocycles. The lowest BCUT2D eigenvalue weighted by Gasteiger charge is -2.02. The molecule has 10 heavy (non-hydrogen) atoms. The highest BCUT2D eigenvalue weighted by molar-refractivity contribution is 7.86. The first-order valence-corrected chi connectivity index (χ1v) is 4.26. The average molecular weight is 207 g/mol. The van der Waals surface area contributed by atoms with Crippen LogP contribution in [0.3, 0.4) is 0 Å². The molecular weight excluding hydrogens is 200 g/mol. The van der Waals surface area contributed by atoms with Crippen molar-refractivity contribution in [3.05, 3.63) is 12.1 Å². The Bertz CT molecular complexity index is 271. The Morgan fingerprint density at radius 2 is 1.50 bits per heavy atom. The molecule has 1 rings (SSSR count). The summed E-state index contributed by atoms with van der Waals surface area (Å²) < 4.78 is 7.39. The van der Waals surface area contributed by atoms with Gasteiger partial charge in [0.15, 0.2) is 0 Å². The van der Waals surface area contributed by atoms with Crippen LogP contribution in [0.4, 0.5) is 0 Å². The van der Waals surface area contributed by atoms with Gasteiger partial charge in [-0.25, -0.2) is 0 Å². The van der Waals surface area contributed by atoms with Gasteiger partial charge in [0.2, 0.25) is 0 Å². The molecule has 0 aliphatic carbocycles. The Balaban J connectivity index is 3.46. The molecule has 0 fully saturated rings. The molecule has 0 aliphatic rings. The normalized spacial score (nSPS) is 11.4. The van der Waals surface area contributed by atoms with Gasteiger partial charge in [0.25, 0.3) is 0 Å². The minimum atomic E-state index is 0.320. The number of thiol groups is 4. The van der Waals surface area contributed by atoms with Crippen molar-refractivity contribution in [3.63, 3.8) is 0 Å². The lowest BCUT2D eigenvalue weighted by atomic mass is 10.3. The van der Waals surface area contributed by atoms with E-state index < -0.39 is 0 Å². The van der Waals surface area contributed by atoms with Crippen molar-refractivity contribution in [2.75, 3.05) is 0 Å². The van der Waals surface area contributed by atoms with Crippen LogP contribution in [0.2, 0.25) is 0 Å². The predicted octanol–water partition coefficient (Wildman–Crippen LogP) is 2.84. The Morgan fingerprint density at radius 1 is 1.00 bits per heavy atom. The van der Waals surface area contributed by atoms with E-state index in [2.05, 4.69) is 50.5 Å². The molecule has 0 saturated carbocycles. The Kier molecular flexibility index (Phi) is 2.43. The first-order chi connectivity index (χ1) is 5.04. The highest BCUT2D eigenvalue weighted by atomic mass is 32.1. The highest BCUT2D eigenvalue weighted by Crippen LogP contribution is 2.30. The van der Waals surface area contributed by atoms with Crippen LogP contribution in [0.15, 0.2) is 31.7 Å². The van der Waals surface area contributed by atoms with Gasteiger partial charge in [-0.2, -0.15) is 0 Å². The fourth-order valence-corrected chi connectivity index (χ4v) is 1.40. The van der Waals surface area contributed by atoms with Crippen LogP contribution in [0, 0.1) is 0 Å². The minimum absolute atomic E-state index is 0.320. The molecule has 0 amide bonds. The summed E-state index contributed by atoms with van der Waals surface area (Å²) in [6, 6.07) is 1.91. The molecule has 1 aromatic rings. The van der Waals surface area contributed by atoms with Crippen molar-refractivity contribution in [2.45, 2.75) is 19.6 Å². The topological polar surface area (TPSA) is 0 Å². The molecule has 0 bridgehead atoms. The molecule has 54 valence electrons. The summed E-state index contributed by atoms with van der Waals surface area (Å²) in [7, 11) is 0. The Labute approximate surface area is 83.5 Å². The highest BCUT2D eigenvalue weighted by Gasteiger charge is 2.01. The van der Waals surface area contributed by atoms with Crippen LogP contribution in [0.25, 0.3) is 0 Å². The zero-order valence-corrected chi connectivity index (χ0v) is 8.44. The molecule has 0 aliphatic heterocycles. The minimum Gasteiger partial charge on any atom is -0.142 e. The summed E-state index contributed by atoms with van der Waals surface area (Å²) in [6.45, 7) is 0. The van der Waals surface area contributed by atoms with E-state index in [0.29, 0.717) is 25.6 Å². The van der Waals surface area contributed by atoms with E-state index in [4.69, 9.17) is 1.37 Å². The van der Waals surface area contributed by atoms with Crippen molar-refractivity contribution in [2.24, 2.45) is 0 Å². The second kappa shape index (κ2) is 3.34. The monoisotopic (exact) mass is 207 g/mol. The van der Waals surface area contributed by atoms with Crippen LogP contribution in [-0.4, -0.2) is 0 Å². The van der Waals surface area contributed by atoms with Gasteiger partial charge in [0.05, 0.1) is 1.37 Å². The fourth-order valence-electron chi connectivity index (χ4n) is 0.507. The van der Waals surface area contributed by atoms with E-state index in [1.807, 2.05) is 0 Å². The second-order valence-electron chi connectivity index (χ2n) is 1.72. The van der Waals surface area contributed by atoms with Gasteiger partial charge in [-0.1, -0.05) is 0 Å². The molecular formula is C6H6S4. The average Bonchev–Trinajstić information content (AvgIpc) is 1.97. The molecule has 0 spiro atoms. The third-order valence-electron chi connectivity index (χ3n) is 1.04. The lowest BCUT2D eigenvalue weighted by molar-refractivity contribution is 1.05. The summed E-state index contributed by atoms with van der Waals surface area (Å²) >= 11 is 16.5. The Hall–Kier alpha value is 0.620. The van der Waals surface area contributed by atoms with E-state index in [0.717, 1.165) is 0 Å². The summed E-state index contributed by atoms with van der Waals surface area (Å²) in [5.41, 5.74) is 0. The molecule has 0 nitrogen and oxygen atoms in total. The van der Waals surface area contributed by atoms with Crippen molar-refractivity contribution in [1.29, 1.82) is 0 Å². The number of benzene rings is 1. The smallest absolute Gasteiger partial charge is 0.0635 e. The van der Waals surface area contributed by atoms with E-state index in [9.17, 15) is 0 Å². The van der Waals surface area contributed by atoms with Crippen molar-refractivity contribution in [1.82, 2.24) is 0 Å². The zero-order chi connectivity index (χ0) is 8.59. The van der Waals surface area contributed by atoms with Gasteiger partial charge in [-0.15, -0.1) is 50.5 Å². The molecule has 0 heterocycles. The summed E-state index contributed by atoms with van der Waals surface area (Å²) in [6.07, 6.45) is 0. The van der Waals surface area contributed by atoms with Crippen LogP contribution >= 0.6 is 50.5 Å². The number of hydrogen-bond acceptors (Lipinski definition) is 4. The maximum atomic E-state index is 7.39. The van der Waals surface area contributed by atoms with E-state index in [1.54, 1.807) is 6.07 Å². The van der Waals surface area contributed by atoms with Crippen LogP contribution < -0.4 is 0 Å². The first kappa shape index (κ1) is 7.28. The summed E-state index contributed by atoms with van der Waals surface area (Å²) in [4.78, 5) is 2.46. The maximum absolute atomic E-state index is 7.39. The van der Waals surface area contributed by atoms with E-state index in [-0.39, 0.29) is 0 Å². The standard InChI is InChI=1S/C6H6S4/c7-3-1-2-4(8)6(10)5(3)9/h1-2,7-10H/i1D. The molecule has 4 heteroatoms. The van der Waals surface area contributed by atoms with Gasteiger partial charge in [-0.3, -0.25) is 0 Å². The molecule has 0 N–H and O–H groups in total.